The Labute approximate surface area is 104 Å². The SMILES string of the molecule is CC1(C)Cc2cccc(C(O)C(C)(C)C)c2O1. The maximum absolute atomic E-state index is 10.4. The number of para-hydroxylation sites is 1. The Morgan fingerprint density at radius 2 is 1.94 bits per heavy atom. The van der Waals surface area contributed by atoms with Crippen LogP contribution in [0.4, 0.5) is 0 Å². The zero-order valence-corrected chi connectivity index (χ0v) is 11.4. The summed E-state index contributed by atoms with van der Waals surface area (Å²) in [6.45, 7) is 10.3. The molecule has 1 aliphatic heterocycles. The Morgan fingerprint density at radius 1 is 1.29 bits per heavy atom. The Balaban J connectivity index is 2.43. The van der Waals surface area contributed by atoms with Crippen molar-refractivity contribution in [2.45, 2.75) is 52.7 Å². The molecule has 1 aromatic rings. The molecule has 0 radical (unpaired) electrons. The molecule has 0 aromatic heterocycles. The van der Waals surface area contributed by atoms with Crippen molar-refractivity contribution in [2.24, 2.45) is 5.41 Å². The van der Waals surface area contributed by atoms with Gasteiger partial charge in [-0.25, -0.2) is 0 Å². The van der Waals surface area contributed by atoms with Gasteiger partial charge in [-0.15, -0.1) is 0 Å². The lowest BCUT2D eigenvalue weighted by molar-refractivity contribution is 0.0560. The van der Waals surface area contributed by atoms with Crippen LogP contribution in [0.3, 0.4) is 0 Å². The molecular weight excluding hydrogens is 212 g/mol. The van der Waals surface area contributed by atoms with E-state index in [1.807, 2.05) is 32.9 Å². The van der Waals surface area contributed by atoms with Gasteiger partial charge in [-0.2, -0.15) is 0 Å². The van der Waals surface area contributed by atoms with Crippen LogP contribution in [-0.2, 0) is 6.42 Å². The highest BCUT2D eigenvalue weighted by Gasteiger charge is 2.35. The topological polar surface area (TPSA) is 29.5 Å². The average molecular weight is 234 g/mol. The van der Waals surface area contributed by atoms with Crippen LogP contribution in [-0.4, -0.2) is 10.7 Å². The Hall–Kier alpha value is -1.02. The third-order valence-corrected chi connectivity index (χ3v) is 3.24. The fourth-order valence-corrected chi connectivity index (χ4v) is 2.32. The standard InChI is InChI=1S/C15H22O2/c1-14(2,3)13(16)11-8-6-7-10-9-15(4,5)17-12(10)11/h6-8,13,16H,9H2,1-5H3. The second-order valence-corrected chi connectivity index (χ2v) is 6.64. The molecule has 94 valence electrons. The van der Waals surface area contributed by atoms with E-state index in [-0.39, 0.29) is 11.0 Å². The van der Waals surface area contributed by atoms with E-state index in [2.05, 4.69) is 19.9 Å². The molecule has 1 unspecified atom stereocenters. The van der Waals surface area contributed by atoms with Crippen LogP contribution in [0.25, 0.3) is 0 Å². The van der Waals surface area contributed by atoms with E-state index in [0.29, 0.717) is 0 Å². The molecule has 1 heterocycles. The van der Waals surface area contributed by atoms with Gasteiger partial charge in [-0.1, -0.05) is 39.0 Å². The maximum Gasteiger partial charge on any atom is 0.129 e. The molecule has 1 atom stereocenters. The quantitative estimate of drug-likeness (QED) is 0.806. The second kappa shape index (κ2) is 3.74. The minimum Gasteiger partial charge on any atom is -0.487 e. The van der Waals surface area contributed by atoms with Crippen molar-refractivity contribution in [1.82, 2.24) is 0 Å². The van der Waals surface area contributed by atoms with Crippen LogP contribution >= 0.6 is 0 Å². The number of aliphatic hydroxyl groups is 1. The van der Waals surface area contributed by atoms with Crippen LogP contribution in [0.15, 0.2) is 18.2 Å². The first-order chi connectivity index (χ1) is 7.71. The van der Waals surface area contributed by atoms with E-state index < -0.39 is 6.10 Å². The zero-order chi connectivity index (χ0) is 12.8. The predicted molar refractivity (Wildman–Crippen MR) is 69.3 cm³/mol. The molecule has 2 nitrogen and oxygen atoms in total. The number of ether oxygens (including phenoxy) is 1. The maximum atomic E-state index is 10.4. The van der Waals surface area contributed by atoms with Gasteiger partial charge in [0, 0.05) is 12.0 Å². The first-order valence-electron chi connectivity index (χ1n) is 6.19. The van der Waals surface area contributed by atoms with E-state index in [0.717, 1.165) is 17.7 Å². The first-order valence-corrected chi connectivity index (χ1v) is 6.19. The lowest BCUT2D eigenvalue weighted by atomic mass is 9.84. The minimum atomic E-state index is -0.494. The van der Waals surface area contributed by atoms with Crippen molar-refractivity contribution >= 4 is 0 Å². The van der Waals surface area contributed by atoms with Gasteiger partial charge >= 0.3 is 0 Å². The van der Waals surface area contributed by atoms with E-state index in [4.69, 9.17) is 4.74 Å². The molecular formula is C15H22O2. The zero-order valence-electron chi connectivity index (χ0n) is 11.4. The predicted octanol–water partition coefficient (Wildman–Crippen LogP) is 3.48. The Kier molecular flexibility index (Phi) is 2.74. The average Bonchev–Trinajstić information content (AvgIpc) is 2.48. The summed E-state index contributed by atoms with van der Waals surface area (Å²) in [5, 5.41) is 10.4. The van der Waals surface area contributed by atoms with Crippen LogP contribution < -0.4 is 4.74 Å². The summed E-state index contributed by atoms with van der Waals surface area (Å²) in [5.74, 6) is 0.889. The van der Waals surface area contributed by atoms with Gasteiger partial charge in [-0.05, 0) is 24.8 Å². The Bertz CT molecular complexity index is 427. The van der Waals surface area contributed by atoms with Crippen molar-refractivity contribution in [3.8, 4) is 5.75 Å². The van der Waals surface area contributed by atoms with Crippen molar-refractivity contribution in [2.75, 3.05) is 0 Å². The molecule has 1 N–H and O–H groups in total. The lowest BCUT2D eigenvalue weighted by Gasteiger charge is -2.28. The normalized spacial score (nSPS) is 19.6. The first kappa shape index (κ1) is 12.4. The molecule has 0 saturated carbocycles. The summed E-state index contributed by atoms with van der Waals surface area (Å²) in [6.07, 6.45) is 0.416. The summed E-state index contributed by atoms with van der Waals surface area (Å²) in [4.78, 5) is 0. The van der Waals surface area contributed by atoms with E-state index in [9.17, 15) is 5.11 Å². The third-order valence-electron chi connectivity index (χ3n) is 3.24. The Morgan fingerprint density at radius 3 is 2.53 bits per heavy atom. The van der Waals surface area contributed by atoms with Gasteiger partial charge in [0.1, 0.15) is 11.4 Å². The second-order valence-electron chi connectivity index (χ2n) is 6.64. The molecule has 0 spiro atoms. The highest BCUT2D eigenvalue weighted by molar-refractivity contribution is 5.47. The molecule has 17 heavy (non-hydrogen) atoms. The summed E-state index contributed by atoms with van der Waals surface area (Å²) in [7, 11) is 0. The van der Waals surface area contributed by atoms with Crippen LogP contribution in [0, 0.1) is 5.41 Å². The smallest absolute Gasteiger partial charge is 0.129 e. The van der Waals surface area contributed by atoms with Gasteiger partial charge in [0.25, 0.3) is 0 Å². The van der Waals surface area contributed by atoms with Gasteiger partial charge in [0.2, 0.25) is 0 Å². The fourth-order valence-electron chi connectivity index (χ4n) is 2.32. The van der Waals surface area contributed by atoms with Crippen molar-refractivity contribution in [3.63, 3.8) is 0 Å². The highest BCUT2D eigenvalue weighted by Crippen LogP contribution is 2.44. The van der Waals surface area contributed by atoms with Gasteiger partial charge in [0.05, 0.1) is 6.10 Å². The summed E-state index contributed by atoms with van der Waals surface area (Å²) < 4.78 is 5.98. The van der Waals surface area contributed by atoms with Crippen molar-refractivity contribution in [1.29, 1.82) is 0 Å². The number of fused-ring (bicyclic) bond motifs is 1. The molecule has 0 saturated heterocycles. The minimum absolute atomic E-state index is 0.157. The molecule has 2 heteroatoms. The third kappa shape index (κ3) is 2.32. The molecule has 1 aromatic carbocycles. The molecule has 2 rings (SSSR count). The number of hydrogen-bond donors (Lipinski definition) is 1. The van der Waals surface area contributed by atoms with Crippen LogP contribution in [0.2, 0.25) is 0 Å². The fraction of sp³-hybridized carbons (Fsp3) is 0.600. The van der Waals surface area contributed by atoms with Gasteiger partial charge < -0.3 is 9.84 Å². The number of benzene rings is 1. The largest absolute Gasteiger partial charge is 0.487 e. The van der Waals surface area contributed by atoms with Crippen LogP contribution in [0.1, 0.15) is 51.8 Å². The van der Waals surface area contributed by atoms with E-state index in [1.54, 1.807) is 0 Å². The highest BCUT2D eigenvalue weighted by atomic mass is 16.5. The summed E-state index contributed by atoms with van der Waals surface area (Å²) in [6, 6.07) is 6.06. The van der Waals surface area contributed by atoms with Gasteiger partial charge in [-0.3, -0.25) is 0 Å². The lowest BCUT2D eigenvalue weighted by Crippen LogP contribution is -2.25. The molecule has 0 amide bonds. The molecule has 0 fully saturated rings. The van der Waals surface area contributed by atoms with E-state index in [1.165, 1.54) is 5.56 Å². The van der Waals surface area contributed by atoms with E-state index >= 15 is 0 Å². The number of aliphatic hydroxyl groups excluding tert-OH is 1. The monoisotopic (exact) mass is 234 g/mol. The van der Waals surface area contributed by atoms with Crippen molar-refractivity contribution < 1.29 is 9.84 Å². The number of rotatable bonds is 1. The molecule has 0 bridgehead atoms. The number of hydrogen-bond acceptors (Lipinski definition) is 2. The van der Waals surface area contributed by atoms with Crippen LogP contribution in [0.5, 0.6) is 5.75 Å². The summed E-state index contributed by atoms with van der Waals surface area (Å²) in [5.41, 5.74) is 1.79. The van der Waals surface area contributed by atoms with Crippen molar-refractivity contribution in [3.05, 3.63) is 29.3 Å². The van der Waals surface area contributed by atoms with Gasteiger partial charge in [0.15, 0.2) is 0 Å². The molecule has 1 aliphatic rings. The summed E-state index contributed by atoms with van der Waals surface area (Å²) >= 11 is 0. The molecule has 0 aliphatic carbocycles.